The molecule has 0 aromatic rings. The number of amides is 2. The van der Waals surface area contributed by atoms with Gasteiger partial charge in [-0.15, -0.1) is 0 Å². The van der Waals surface area contributed by atoms with Crippen molar-refractivity contribution in [2.24, 2.45) is 0 Å². The van der Waals surface area contributed by atoms with Gasteiger partial charge in [0.1, 0.15) is 29.4 Å². The number of carbonyl (C=O) groups is 4. The zero-order valence-electron chi connectivity index (χ0n) is 30.1. The highest BCUT2D eigenvalue weighted by atomic mass is 32.2. The molecule has 0 aromatic carbocycles. The van der Waals surface area contributed by atoms with Crippen molar-refractivity contribution in [2.75, 3.05) is 31.5 Å². The van der Waals surface area contributed by atoms with Crippen molar-refractivity contribution in [3.8, 4) is 0 Å². The summed E-state index contributed by atoms with van der Waals surface area (Å²) in [6, 6.07) is -1.65. The smallest absolute Gasteiger partial charge is 0.413 e. The van der Waals surface area contributed by atoms with E-state index in [1.165, 1.54) is 26.0 Å². The molecule has 0 aliphatic rings. The molecule has 0 aromatic heterocycles. The third kappa shape index (κ3) is 22.4. The van der Waals surface area contributed by atoms with Crippen LogP contribution in [0.1, 0.15) is 81.6 Å². The number of hydrogen-bond donors (Lipinski definition) is 3. The normalized spacial score (nSPS) is 14.4. The van der Waals surface area contributed by atoms with E-state index in [4.69, 9.17) is 13.9 Å². The van der Waals surface area contributed by atoms with Gasteiger partial charge in [0.05, 0.1) is 14.2 Å². The highest BCUT2D eigenvalue weighted by molar-refractivity contribution is 7.99. The Kier molecular flexibility index (Phi) is 20.7. The summed E-state index contributed by atoms with van der Waals surface area (Å²) in [7, 11) is -0.106. The predicted octanol–water partition coefficient (Wildman–Crippen LogP) is 6.89. The van der Waals surface area contributed by atoms with Crippen LogP contribution < -0.4 is 10.6 Å². The Bertz CT molecular complexity index is 984. The van der Waals surface area contributed by atoms with Crippen molar-refractivity contribution in [1.29, 1.82) is 0 Å². The van der Waals surface area contributed by atoms with Crippen molar-refractivity contribution in [3.63, 3.8) is 0 Å². The second-order valence-electron chi connectivity index (χ2n) is 14.1. The molecule has 0 bridgehead atoms. The first-order valence-electron chi connectivity index (χ1n) is 15.2. The van der Waals surface area contributed by atoms with Crippen LogP contribution in [0.2, 0.25) is 18.1 Å². The van der Waals surface area contributed by atoms with Crippen LogP contribution in [-0.4, -0.2) is 99.5 Å². The van der Waals surface area contributed by atoms with Gasteiger partial charge in [0.15, 0.2) is 8.32 Å². The number of ether oxygens (including phenoxy) is 4. The molecule has 1 unspecified atom stereocenters. The second-order valence-corrected chi connectivity index (χ2v) is 20.5. The summed E-state index contributed by atoms with van der Waals surface area (Å²) in [4.78, 5) is 46.5. The molecule has 3 atom stereocenters. The van der Waals surface area contributed by atoms with Gasteiger partial charge in [0.2, 0.25) is 0 Å². The zero-order chi connectivity index (χ0) is 37.4. The molecule has 0 rings (SSSR count). The molecule has 47 heavy (non-hydrogen) atoms. The van der Waals surface area contributed by atoms with E-state index in [0.29, 0.717) is 17.9 Å². The molecule has 0 radical (unpaired) electrons. The fourth-order valence-corrected chi connectivity index (χ4v) is 5.69. The van der Waals surface area contributed by atoms with Crippen molar-refractivity contribution in [1.82, 2.24) is 10.6 Å². The van der Waals surface area contributed by atoms with Crippen LogP contribution >= 0.6 is 24.4 Å². The zero-order valence-corrected chi connectivity index (χ0v) is 32.8. The van der Waals surface area contributed by atoms with Crippen LogP contribution in [0.4, 0.5) is 22.8 Å². The van der Waals surface area contributed by atoms with Gasteiger partial charge in [0, 0.05) is 0 Å². The molecule has 0 saturated carbocycles. The first kappa shape index (κ1) is 47.3. The summed E-state index contributed by atoms with van der Waals surface area (Å²) in [5.41, 5.74) is -1.32. The molecule has 2 N–H and O–H groups in total. The number of esters is 2. The van der Waals surface area contributed by atoms with Crippen LogP contribution in [0.3, 0.4) is 0 Å². The largest absolute Gasteiger partial charge is 0.467 e. The molecule has 2 amide bonds. The lowest BCUT2D eigenvalue weighted by Crippen LogP contribution is -2.48. The maximum atomic E-state index is 13.5. The molecular weight excluding hydrogens is 682 g/mol. The molecule has 0 aliphatic carbocycles. The number of alkyl halides is 3. The van der Waals surface area contributed by atoms with Gasteiger partial charge in [-0.25, -0.2) is 19.2 Å². The number of methoxy groups -OCH3 is 2. The Hall–Kier alpha value is -1.85. The fraction of sp³-hybridized carbons (Fsp3) is 0.867. The number of nitrogens with one attached hydrogen (secondary N) is 2. The molecule has 11 nitrogen and oxygen atoms in total. The molecule has 278 valence electrons. The summed E-state index contributed by atoms with van der Waals surface area (Å²) >= 11 is 5.27. The van der Waals surface area contributed by atoms with Gasteiger partial charge < -0.3 is 34.0 Å². The maximum absolute atomic E-state index is 13.5. The van der Waals surface area contributed by atoms with Gasteiger partial charge in [-0.05, 0) is 96.2 Å². The van der Waals surface area contributed by atoms with Gasteiger partial charge >= 0.3 is 30.3 Å². The lowest BCUT2D eigenvalue weighted by molar-refractivity contribution is -0.198. The third-order valence-electron chi connectivity index (χ3n) is 6.45. The number of thioether (sulfide) groups is 1. The molecule has 0 fully saturated rings. The SMILES string of the molecule is COC(=O)[C@H](CCS)NC(=O)OC(C)(C)C.COC(=O)[C@H](CCSCCC(O[Si](C)(C)C(C)(C)C)C(F)(F)F)NC(=O)OC(C)(C)C. The number of carbonyl (C=O) groups excluding carboxylic acids is 4. The minimum absolute atomic E-state index is 0.178. The minimum Gasteiger partial charge on any atom is -0.467 e. The summed E-state index contributed by atoms with van der Waals surface area (Å²) in [5, 5.41) is 4.56. The van der Waals surface area contributed by atoms with Crippen molar-refractivity contribution in [3.05, 3.63) is 0 Å². The fourth-order valence-electron chi connectivity index (χ4n) is 3.13. The van der Waals surface area contributed by atoms with E-state index in [2.05, 4.69) is 32.7 Å². The average molecular weight is 739 g/mol. The molecule has 0 spiro atoms. The van der Waals surface area contributed by atoms with E-state index in [1.54, 1.807) is 54.6 Å². The Morgan fingerprint density at radius 3 is 1.43 bits per heavy atom. The number of hydrogen-bond acceptors (Lipinski definition) is 11. The summed E-state index contributed by atoms with van der Waals surface area (Å²) in [6.07, 6.45) is -7.23. The van der Waals surface area contributed by atoms with Crippen LogP contribution in [0, 0.1) is 0 Å². The summed E-state index contributed by atoms with van der Waals surface area (Å²) in [6.45, 7) is 19.6. The van der Waals surface area contributed by atoms with Crippen LogP contribution in [0.25, 0.3) is 0 Å². The van der Waals surface area contributed by atoms with E-state index < -0.39 is 68.0 Å². The van der Waals surface area contributed by atoms with Gasteiger partial charge in [0.25, 0.3) is 0 Å². The Morgan fingerprint density at radius 2 is 1.11 bits per heavy atom. The Morgan fingerprint density at radius 1 is 0.723 bits per heavy atom. The van der Waals surface area contributed by atoms with E-state index in [1.807, 2.05) is 20.8 Å². The van der Waals surface area contributed by atoms with Crippen LogP contribution in [0.15, 0.2) is 0 Å². The topological polar surface area (TPSA) is 138 Å². The third-order valence-corrected chi connectivity index (χ3v) is 12.2. The maximum Gasteiger partial charge on any atom is 0.413 e. The molecule has 0 heterocycles. The Balaban J connectivity index is 0. The van der Waals surface area contributed by atoms with Gasteiger partial charge in [-0.2, -0.15) is 37.6 Å². The molecule has 0 aliphatic heterocycles. The number of rotatable bonds is 14. The first-order chi connectivity index (χ1) is 21.1. The number of thiol groups is 1. The van der Waals surface area contributed by atoms with Gasteiger partial charge in [-0.3, -0.25) is 0 Å². The summed E-state index contributed by atoms with van der Waals surface area (Å²) in [5.74, 6) is -0.102. The standard InChI is InChI=1S/C20H38F3NO5SSi.C10H19NO4S/c1-18(2,3)28-17(26)24-14(16(25)27-7)10-12-30-13-11-15(20(21,22)23)29-31(8,9)19(4,5)6;1-10(2,3)15-9(13)11-7(5-6-16)8(12)14-4/h14-15H,10-13H2,1-9H3,(H,24,26);7,16H,5-6H2,1-4H3,(H,11,13)/t14-,15?;7-/m00/s1. The van der Waals surface area contributed by atoms with E-state index in [-0.39, 0.29) is 23.6 Å². The van der Waals surface area contributed by atoms with Crippen LogP contribution in [-0.2, 0) is 33.0 Å². The lowest BCUT2D eigenvalue weighted by Gasteiger charge is -2.39. The average Bonchev–Trinajstić information content (AvgIpc) is 2.87. The van der Waals surface area contributed by atoms with Crippen molar-refractivity contribution >= 4 is 56.8 Å². The minimum atomic E-state index is -4.44. The summed E-state index contributed by atoms with van der Waals surface area (Å²) < 4.78 is 65.4. The Labute approximate surface area is 289 Å². The highest BCUT2D eigenvalue weighted by Gasteiger charge is 2.47. The van der Waals surface area contributed by atoms with E-state index >= 15 is 0 Å². The number of halogens is 3. The number of alkyl carbamates (subject to hydrolysis) is 2. The molecular formula is C30H57F3N2O9S2Si. The molecule has 0 saturated heterocycles. The lowest BCUT2D eigenvalue weighted by atomic mass is 10.2. The quantitative estimate of drug-likeness (QED) is 0.0568. The highest BCUT2D eigenvalue weighted by Crippen LogP contribution is 2.40. The van der Waals surface area contributed by atoms with E-state index in [0.717, 1.165) is 0 Å². The first-order valence-corrected chi connectivity index (χ1v) is 19.9. The predicted molar refractivity (Wildman–Crippen MR) is 184 cm³/mol. The second kappa shape index (κ2) is 20.6. The molecule has 17 heteroatoms. The van der Waals surface area contributed by atoms with Crippen molar-refractivity contribution < 1.29 is 55.7 Å². The van der Waals surface area contributed by atoms with Crippen molar-refractivity contribution in [2.45, 2.75) is 135 Å². The van der Waals surface area contributed by atoms with Gasteiger partial charge in [-0.1, -0.05) is 20.8 Å². The monoisotopic (exact) mass is 738 g/mol. The van der Waals surface area contributed by atoms with Crippen LogP contribution in [0.5, 0.6) is 0 Å². The van der Waals surface area contributed by atoms with E-state index in [9.17, 15) is 32.3 Å².